The van der Waals surface area contributed by atoms with Gasteiger partial charge in [-0.2, -0.15) is 0 Å². The maximum Gasteiger partial charge on any atom is 0.247 e. The molecule has 0 fully saturated rings. The molecule has 0 saturated carbocycles. The Morgan fingerprint density at radius 3 is 2.38 bits per heavy atom. The van der Waals surface area contributed by atoms with Crippen LogP contribution in [0.15, 0.2) is 73.1 Å². The number of nitrogens with zero attached hydrogens (tertiary/aromatic N) is 1. The van der Waals surface area contributed by atoms with Gasteiger partial charge in [0, 0.05) is 24.5 Å². The number of amides is 1. The van der Waals surface area contributed by atoms with Gasteiger partial charge in [-0.15, -0.1) is 0 Å². The second kappa shape index (κ2) is 7.18. The number of benzene rings is 2. The highest BCUT2D eigenvalue weighted by atomic mass is 16.2. The van der Waals surface area contributed by atoms with Crippen LogP contribution in [-0.4, -0.2) is 10.5 Å². The quantitative estimate of drug-likeness (QED) is 0.737. The van der Waals surface area contributed by atoms with Gasteiger partial charge >= 0.3 is 0 Å². The smallest absolute Gasteiger partial charge is 0.247 e. The van der Waals surface area contributed by atoms with Gasteiger partial charge in [0.1, 0.15) is 6.04 Å². The molecular formula is C21H22N2O. The fourth-order valence-corrected chi connectivity index (χ4v) is 2.90. The van der Waals surface area contributed by atoms with Crippen molar-refractivity contribution in [3.05, 3.63) is 89.7 Å². The molecule has 1 aromatic heterocycles. The van der Waals surface area contributed by atoms with Gasteiger partial charge in [-0.05, 0) is 43.2 Å². The van der Waals surface area contributed by atoms with Crippen molar-refractivity contribution in [2.75, 3.05) is 5.32 Å². The van der Waals surface area contributed by atoms with Crippen molar-refractivity contribution >= 4 is 11.6 Å². The van der Waals surface area contributed by atoms with Gasteiger partial charge < -0.3 is 9.88 Å². The van der Waals surface area contributed by atoms with Crippen molar-refractivity contribution in [2.24, 2.45) is 0 Å². The molecule has 1 heterocycles. The number of aryl methyl sites for hydroxylation is 2. The van der Waals surface area contributed by atoms with Crippen LogP contribution >= 0.6 is 0 Å². The predicted octanol–water partition coefficient (Wildman–Crippen LogP) is 4.53. The standard InChI is InChI=1S/C21H22N2O/c1-16-10-11-19(17(2)14-16)22-21(24)20(23-12-6-7-13-23)15-18-8-4-3-5-9-18/h3-14,20H,15H2,1-2H3,(H,22,24)/t20-/m1/s1. The number of rotatable bonds is 5. The maximum atomic E-state index is 12.9. The van der Waals surface area contributed by atoms with E-state index in [0.717, 1.165) is 16.8 Å². The highest BCUT2D eigenvalue weighted by molar-refractivity contribution is 5.94. The Bertz CT molecular complexity index is 807. The van der Waals surface area contributed by atoms with Crippen LogP contribution in [0.4, 0.5) is 5.69 Å². The van der Waals surface area contributed by atoms with Gasteiger partial charge in [-0.25, -0.2) is 0 Å². The summed E-state index contributed by atoms with van der Waals surface area (Å²) in [5.41, 5.74) is 4.29. The molecule has 0 unspecified atom stereocenters. The van der Waals surface area contributed by atoms with Gasteiger partial charge in [0.2, 0.25) is 5.91 Å². The lowest BCUT2D eigenvalue weighted by molar-refractivity contribution is -0.119. The first kappa shape index (κ1) is 16.1. The lowest BCUT2D eigenvalue weighted by atomic mass is 10.0. The molecule has 3 nitrogen and oxygen atoms in total. The molecule has 24 heavy (non-hydrogen) atoms. The molecule has 3 rings (SSSR count). The zero-order valence-electron chi connectivity index (χ0n) is 14.1. The summed E-state index contributed by atoms with van der Waals surface area (Å²) in [6, 6.07) is 19.8. The van der Waals surface area contributed by atoms with E-state index in [2.05, 4.69) is 30.4 Å². The largest absolute Gasteiger partial charge is 0.342 e. The van der Waals surface area contributed by atoms with E-state index in [4.69, 9.17) is 0 Å². The molecule has 0 aliphatic rings. The Labute approximate surface area is 143 Å². The second-order valence-corrected chi connectivity index (χ2v) is 6.14. The Morgan fingerprint density at radius 2 is 1.71 bits per heavy atom. The summed E-state index contributed by atoms with van der Waals surface area (Å²) >= 11 is 0. The van der Waals surface area contributed by atoms with E-state index >= 15 is 0 Å². The van der Waals surface area contributed by atoms with Crippen LogP contribution in [0.1, 0.15) is 22.7 Å². The van der Waals surface area contributed by atoms with E-state index in [0.29, 0.717) is 6.42 Å². The fourth-order valence-electron chi connectivity index (χ4n) is 2.90. The SMILES string of the molecule is Cc1ccc(NC(=O)[C@@H](Cc2ccccc2)n2cccc2)c(C)c1. The third-order valence-electron chi connectivity index (χ3n) is 4.20. The zero-order valence-corrected chi connectivity index (χ0v) is 14.1. The molecule has 2 aromatic carbocycles. The molecule has 3 heteroatoms. The van der Waals surface area contributed by atoms with E-state index in [9.17, 15) is 4.79 Å². The minimum Gasteiger partial charge on any atom is -0.342 e. The highest BCUT2D eigenvalue weighted by Gasteiger charge is 2.20. The summed E-state index contributed by atoms with van der Waals surface area (Å²) in [4.78, 5) is 12.9. The lowest BCUT2D eigenvalue weighted by Crippen LogP contribution is -2.27. The molecule has 3 aromatic rings. The van der Waals surface area contributed by atoms with Crippen molar-refractivity contribution in [2.45, 2.75) is 26.3 Å². The molecule has 0 saturated heterocycles. The van der Waals surface area contributed by atoms with Crippen LogP contribution in [0, 0.1) is 13.8 Å². The number of aromatic nitrogens is 1. The summed E-state index contributed by atoms with van der Waals surface area (Å²) in [5.74, 6) is 0.00186. The summed E-state index contributed by atoms with van der Waals surface area (Å²) < 4.78 is 1.96. The normalized spacial score (nSPS) is 11.9. The van der Waals surface area contributed by atoms with Gasteiger partial charge in [0.25, 0.3) is 0 Å². The van der Waals surface area contributed by atoms with E-state index in [1.165, 1.54) is 5.56 Å². The van der Waals surface area contributed by atoms with Crippen molar-refractivity contribution in [3.63, 3.8) is 0 Å². The Balaban J connectivity index is 1.83. The third kappa shape index (κ3) is 3.74. The molecule has 1 N–H and O–H groups in total. The van der Waals surface area contributed by atoms with Crippen LogP contribution in [-0.2, 0) is 11.2 Å². The Hall–Kier alpha value is -2.81. The summed E-state index contributed by atoms with van der Waals surface area (Å²) in [5, 5.41) is 3.09. The molecule has 0 aliphatic carbocycles. The molecular weight excluding hydrogens is 296 g/mol. The Kier molecular flexibility index (Phi) is 4.80. The first-order valence-corrected chi connectivity index (χ1v) is 8.18. The molecule has 1 amide bonds. The van der Waals surface area contributed by atoms with E-state index in [-0.39, 0.29) is 11.9 Å². The number of anilines is 1. The minimum absolute atomic E-state index is 0.00186. The van der Waals surface area contributed by atoms with E-state index < -0.39 is 0 Å². The van der Waals surface area contributed by atoms with Gasteiger partial charge in [0.05, 0.1) is 0 Å². The highest BCUT2D eigenvalue weighted by Crippen LogP contribution is 2.21. The van der Waals surface area contributed by atoms with Crippen LogP contribution in [0.25, 0.3) is 0 Å². The second-order valence-electron chi connectivity index (χ2n) is 6.14. The number of hydrogen-bond donors (Lipinski definition) is 1. The van der Waals surface area contributed by atoms with Crippen LogP contribution in [0.5, 0.6) is 0 Å². The summed E-state index contributed by atoms with van der Waals surface area (Å²) in [6.07, 6.45) is 4.54. The monoisotopic (exact) mass is 318 g/mol. The maximum absolute atomic E-state index is 12.9. The average Bonchev–Trinajstić information content (AvgIpc) is 3.10. The topological polar surface area (TPSA) is 34.0 Å². The van der Waals surface area contributed by atoms with Crippen LogP contribution in [0.3, 0.4) is 0 Å². The van der Waals surface area contributed by atoms with Crippen LogP contribution in [0.2, 0.25) is 0 Å². The van der Waals surface area contributed by atoms with Gasteiger partial charge in [0.15, 0.2) is 0 Å². The molecule has 1 atom stereocenters. The number of nitrogens with one attached hydrogen (secondary N) is 1. The van der Waals surface area contributed by atoms with Crippen molar-refractivity contribution in [1.82, 2.24) is 4.57 Å². The fraction of sp³-hybridized carbons (Fsp3) is 0.190. The number of hydrogen-bond acceptors (Lipinski definition) is 1. The lowest BCUT2D eigenvalue weighted by Gasteiger charge is -2.20. The van der Waals surface area contributed by atoms with Gasteiger partial charge in [-0.3, -0.25) is 4.79 Å². The minimum atomic E-state index is -0.275. The van der Waals surface area contributed by atoms with Crippen LogP contribution < -0.4 is 5.32 Å². The van der Waals surface area contributed by atoms with Crippen molar-refractivity contribution in [3.8, 4) is 0 Å². The third-order valence-corrected chi connectivity index (χ3v) is 4.20. The number of carbonyl (C=O) groups is 1. The average molecular weight is 318 g/mol. The summed E-state index contributed by atoms with van der Waals surface area (Å²) in [6.45, 7) is 4.07. The van der Waals surface area contributed by atoms with Crippen molar-refractivity contribution in [1.29, 1.82) is 0 Å². The number of carbonyl (C=O) groups excluding carboxylic acids is 1. The van der Waals surface area contributed by atoms with Gasteiger partial charge in [-0.1, -0.05) is 48.0 Å². The molecule has 122 valence electrons. The molecule has 0 aliphatic heterocycles. The first-order chi connectivity index (χ1) is 11.6. The zero-order chi connectivity index (χ0) is 16.9. The summed E-state index contributed by atoms with van der Waals surface area (Å²) in [7, 11) is 0. The van der Waals surface area contributed by atoms with Crippen molar-refractivity contribution < 1.29 is 4.79 Å². The first-order valence-electron chi connectivity index (χ1n) is 8.18. The predicted molar refractivity (Wildman–Crippen MR) is 98.2 cm³/mol. The Morgan fingerprint density at radius 1 is 1.00 bits per heavy atom. The molecule has 0 radical (unpaired) electrons. The van der Waals surface area contributed by atoms with E-state index in [1.807, 2.05) is 66.3 Å². The molecule has 0 bridgehead atoms. The van der Waals surface area contributed by atoms with E-state index in [1.54, 1.807) is 0 Å². The molecule has 0 spiro atoms.